The van der Waals surface area contributed by atoms with E-state index in [9.17, 15) is 4.79 Å². The average Bonchev–Trinajstić information content (AvgIpc) is 2.95. The molecule has 1 heterocycles. The summed E-state index contributed by atoms with van der Waals surface area (Å²) in [5, 5.41) is 4.85. The van der Waals surface area contributed by atoms with Crippen molar-refractivity contribution in [3.8, 4) is 5.69 Å². The molecule has 28 heavy (non-hydrogen) atoms. The molecule has 1 aromatic heterocycles. The Kier molecular flexibility index (Phi) is 6.22. The summed E-state index contributed by atoms with van der Waals surface area (Å²) in [5.74, 6) is -0.387. The SMILES string of the molecule is CCc1ccc(-n2c(C)cc(/C=N\NC(=O)c3ccc(Cl)cc3Cl)c2C)cc1. The molecule has 0 aliphatic rings. The highest BCUT2D eigenvalue weighted by atomic mass is 35.5. The van der Waals surface area contributed by atoms with E-state index >= 15 is 0 Å². The lowest BCUT2D eigenvalue weighted by Crippen LogP contribution is -2.18. The minimum atomic E-state index is -0.387. The first-order chi connectivity index (χ1) is 13.4. The number of hydrogen-bond acceptors (Lipinski definition) is 2. The van der Waals surface area contributed by atoms with Crippen molar-refractivity contribution in [2.45, 2.75) is 27.2 Å². The molecule has 0 bridgehead atoms. The van der Waals surface area contributed by atoms with E-state index in [2.05, 4.69) is 46.3 Å². The normalized spacial score (nSPS) is 11.2. The number of carbonyl (C=O) groups is 1. The van der Waals surface area contributed by atoms with Gasteiger partial charge in [0.05, 0.1) is 16.8 Å². The number of aromatic nitrogens is 1. The fourth-order valence-electron chi connectivity index (χ4n) is 3.09. The summed E-state index contributed by atoms with van der Waals surface area (Å²) in [5.41, 5.74) is 8.31. The van der Waals surface area contributed by atoms with Crippen molar-refractivity contribution in [2.24, 2.45) is 5.10 Å². The van der Waals surface area contributed by atoms with Gasteiger partial charge in [-0.2, -0.15) is 5.10 Å². The number of carbonyl (C=O) groups excluding carboxylic acids is 1. The third-order valence-corrected chi connectivity index (χ3v) is 5.17. The van der Waals surface area contributed by atoms with E-state index in [1.807, 2.05) is 19.9 Å². The molecule has 1 amide bonds. The third kappa shape index (κ3) is 4.29. The van der Waals surface area contributed by atoms with Gasteiger partial charge in [-0.05, 0) is 62.2 Å². The van der Waals surface area contributed by atoms with Crippen LogP contribution < -0.4 is 5.43 Å². The van der Waals surface area contributed by atoms with Crippen LogP contribution in [0.15, 0.2) is 53.6 Å². The van der Waals surface area contributed by atoms with Crippen LogP contribution in [-0.2, 0) is 6.42 Å². The van der Waals surface area contributed by atoms with Crippen LogP contribution in [0.5, 0.6) is 0 Å². The van der Waals surface area contributed by atoms with Crippen LogP contribution >= 0.6 is 23.2 Å². The van der Waals surface area contributed by atoms with E-state index in [1.165, 1.54) is 11.6 Å². The predicted octanol–water partition coefficient (Wildman–Crippen LogP) is 5.73. The maximum Gasteiger partial charge on any atom is 0.272 e. The largest absolute Gasteiger partial charge is 0.318 e. The van der Waals surface area contributed by atoms with Crippen molar-refractivity contribution >= 4 is 35.3 Å². The molecular weight excluding hydrogens is 393 g/mol. The number of benzene rings is 2. The van der Waals surface area contributed by atoms with Crippen molar-refractivity contribution in [1.82, 2.24) is 9.99 Å². The van der Waals surface area contributed by atoms with E-state index in [0.29, 0.717) is 10.6 Å². The second kappa shape index (κ2) is 8.63. The number of nitrogens with zero attached hydrogens (tertiary/aromatic N) is 2. The highest BCUT2D eigenvalue weighted by Crippen LogP contribution is 2.22. The zero-order valence-corrected chi connectivity index (χ0v) is 17.5. The number of nitrogens with one attached hydrogen (secondary N) is 1. The van der Waals surface area contributed by atoms with Crippen molar-refractivity contribution in [3.63, 3.8) is 0 Å². The standard InChI is InChI=1S/C22H21Cl2N3O/c1-4-16-5-8-19(9-6-16)27-14(2)11-17(15(27)3)13-25-26-22(28)20-10-7-18(23)12-21(20)24/h5-13H,4H2,1-3H3,(H,26,28)/b25-13-. The molecule has 0 spiro atoms. The van der Waals surface area contributed by atoms with Crippen molar-refractivity contribution < 1.29 is 4.79 Å². The van der Waals surface area contributed by atoms with E-state index < -0.39 is 0 Å². The Morgan fingerprint density at radius 1 is 1.11 bits per heavy atom. The van der Waals surface area contributed by atoms with Gasteiger partial charge in [-0.3, -0.25) is 4.79 Å². The predicted molar refractivity (Wildman–Crippen MR) is 116 cm³/mol. The number of amides is 1. The van der Waals surface area contributed by atoms with E-state index in [-0.39, 0.29) is 10.9 Å². The Morgan fingerprint density at radius 2 is 1.82 bits per heavy atom. The monoisotopic (exact) mass is 413 g/mol. The van der Waals surface area contributed by atoms with Gasteiger partial charge in [0.2, 0.25) is 0 Å². The Bertz CT molecular complexity index is 1040. The van der Waals surface area contributed by atoms with Crippen molar-refractivity contribution in [2.75, 3.05) is 0 Å². The molecular formula is C22H21Cl2N3O. The van der Waals surface area contributed by atoms with Crippen LogP contribution in [0.2, 0.25) is 10.0 Å². The molecule has 0 fully saturated rings. The summed E-state index contributed by atoms with van der Waals surface area (Å²) in [6, 6.07) is 15.3. The van der Waals surface area contributed by atoms with Crippen molar-refractivity contribution in [1.29, 1.82) is 0 Å². The molecule has 0 unspecified atom stereocenters. The minimum Gasteiger partial charge on any atom is -0.318 e. The average molecular weight is 414 g/mol. The molecule has 0 saturated heterocycles. The van der Waals surface area contributed by atoms with Crippen LogP contribution in [0, 0.1) is 13.8 Å². The van der Waals surface area contributed by atoms with Gasteiger partial charge in [0, 0.05) is 27.7 Å². The molecule has 6 heteroatoms. The van der Waals surface area contributed by atoms with E-state index in [4.69, 9.17) is 23.2 Å². The lowest BCUT2D eigenvalue weighted by Gasteiger charge is -2.10. The second-order valence-corrected chi connectivity index (χ2v) is 7.35. The number of hydrazone groups is 1. The van der Waals surface area contributed by atoms with Gasteiger partial charge in [-0.15, -0.1) is 0 Å². The fraction of sp³-hybridized carbons (Fsp3) is 0.182. The number of halogens is 2. The summed E-state index contributed by atoms with van der Waals surface area (Å²) in [6.07, 6.45) is 2.65. The van der Waals surface area contributed by atoms with Gasteiger partial charge in [0.15, 0.2) is 0 Å². The lowest BCUT2D eigenvalue weighted by molar-refractivity contribution is 0.0955. The molecule has 3 aromatic rings. The molecule has 0 radical (unpaired) electrons. The first-order valence-corrected chi connectivity index (χ1v) is 9.73. The summed E-state index contributed by atoms with van der Waals surface area (Å²) in [4.78, 5) is 12.2. The molecule has 4 nitrogen and oxygen atoms in total. The van der Waals surface area contributed by atoms with E-state index in [0.717, 1.165) is 29.1 Å². The van der Waals surface area contributed by atoms with Gasteiger partial charge >= 0.3 is 0 Å². The Balaban J connectivity index is 1.78. The highest BCUT2D eigenvalue weighted by molar-refractivity contribution is 6.36. The summed E-state index contributed by atoms with van der Waals surface area (Å²) < 4.78 is 2.17. The molecule has 0 aliphatic carbocycles. The Hall–Kier alpha value is -2.56. The molecule has 0 aliphatic heterocycles. The van der Waals surface area contributed by atoms with Crippen LogP contribution in [0.1, 0.15) is 39.8 Å². The number of hydrogen-bond donors (Lipinski definition) is 1. The molecule has 0 saturated carbocycles. The van der Waals surface area contributed by atoms with Gasteiger partial charge in [0.25, 0.3) is 5.91 Å². The molecule has 2 aromatic carbocycles. The molecule has 3 rings (SSSR count). The van der Waals surface area contributed by atoms with Gasteiger partial charge in [-0.1, -0.05) is 42.3 Å². The second-order valence-electron chi connectivity index (χ2n) is 6.51. The highest BCUT2D eigenvalue weighted by Gasteiger charge is 2.11. The Labute approximate surface area is 174 Å². The number of aryl methyl sites for hydroxylation is 2. The zero-order chi connectivity index (χ0) is 20.3. The molecule has 144 valence electrons. The van der Waals surface area contributed by atoms with E-state index in [1.54, 1.807) is 18.3 Å². The van der Waals surface area contributed by atoms with Crippen LogP contribution in [0.4, 0.5) is 0 Å². The van der Waals surface area contributed by atoms with Crippen molar-refractivity contribution in [3.05, 3.63) is 86.7 Å². The summed E-state index contributed by atoms with van der Waals surface area (Å²) >= 11 is 11.9. The summed E-state index contributed by atoms with van der Waals surface area (Å²) in [6.45, 7) is 6.21. The van der Waals surface area contributed by atoms with Gasteiger partial charge in [-0.25, -0.2) is 5.43 Å². The zero-order valence-electron chi connectivity index (χ0n) is 16.0. The molecule has 1 N–H and O–H groups in total. The van der Waals surface area contributed by atoms with Crippen LogP contribution in [0.3, 0.4) is 0 Å². The Morgan fingerprint density at radius 3 is 2.46 bits per heavy atom. The minimum absolute atomic E-state index is 0.286. The number of rotatable bonds is 5. The maximum atomic E-state index is 12.2. The molecule has 0 atom stereocenters. The maximum absolute atomic E-state index is 12.2. The van der Waals surface area contributed by atoms with Crippen LogP contribution in [-0.4, -0.2) is 16.7 Å². The topological polar surface area (TPSA) is 46.4 Å². The quantitative estimate of drug-likeness (QED) is 0.421. The van der Waals surface area contributed by atoms with Gasteiger partial charge in [0.1, 0.15) is 0 Å². The summed E-state index contributed by atoms with van der Waals surface area (Å²) in [7, 11) is 0. The van der Waals surface area contributed by atoms with Crippen LogP contribution in [0.25, 0.3) is 5.69 Å². The lowest BCUT2D eigenvalue weighted by atomic mass is 10.1. The first-order valence-electron chi connectivity index (χ1n) is 8.97. The first kappa shape index (κ1) is 20.2. The smallest absolute Gasteiger partial charge is 0.272 e. The fourth-order valence-corrected chi connectivity index (χ4v) is 3.58. The van der Waals surface area contributed by atoms with Gasteiger partial charge < -0.3 is 4.57 Å². The third-order valence-electron chi connectivity index (χ3n) is 4.62.